The molecule has 2 unspecified atom stereocenters. The van der Waals surface area contributed by atoms with Gasteiger partial charge in [0, 0.05) is 10.9 Å². The summed E-state index contributed by atoms with van der Waals surface area (Å²) in [6, 6.07) is 8.11. The average molecular weight is 299 g/mol. The number of rotatable bonds is 6. The van der Waals surface area contributed by atoms with E-state index < -0.39 is 0 Å². The van der Waals surface area contributed by atoms with Gasteiger partial charge in [-0.25, -0.2) is 0 Å². The molecule has 0 radical (unpaired) electrons. The zero-order chi connectivity index (χ0) is 13.8. The Morgan fingerprint density at radius 1 is 1.42 bits per heavy atom. The molecule has 3 nitrogen and oxygen atoms in total. The van der Waals surface area contributed by atoms with Crippen molar-refractivity contribution in [3.8, 4) is 0 Å². The highest BCUT2D eigenvalue weighted by Gasteiger charge is 2.25. The van der Waals surface area contributed by atoms with Crippen LogP contribution < -0.4 is 5.73 Å². The van der Waals surface area contributed by atoms with Crippen molar-refractivity contribution in [3.05, 3.63) is 45.5 Å². The Kier molecular flexibility index (Phi) is 5.05. The first-order chi connectivity index (χ1) is 9.11. The van der Waals surface area contributed by atoms with Gasteiger partial charge in [0.15, 0.2) is 0 Å². The van der Waals surface area contributed by atoms with Crippen LogP contribution in [0.25, 0.3) is 0 Å². The zero-order valence-corrected chi connectivity index (χ0v) is 12.7. The van der Waals surface area contributed by atoms with Gasteiger partial charge >= 0.3 is 0 Å². The van der Waals surface area contributed by atoms with Crippen molar-refractivity contribution in [1.29, 1.82) is 0 Å². The van der Waals surface area contributed by atoms with E-state index in [1.54, 1.807) is 17.6 Å². The molecule has 0 bridgehead atoms. The first kappa shape index (κ1) is 14.6. The molecule has 0 aromatic carbocycles. The summed E-state index contributed by atoms with van der Waals surface area (Å²) < 4.78 is 6.20. The SMILES string of the molecule is CCC(N)C(c1ccc(Cl)s1)N(C)Cc1ccco1. The van der Waals surface area contributed by atoms with Crippen molar-refractivity contribution in [2.45, 2.75) is 32.0 Å². The van der Waals surface area contributed by atoms with E-state index in [9.17, 15) is 0 Å². The summed E-state index contributed by atoms with van der Waals surface area (Å²) in [5, 5.41) is 0. The minimum absolute atomic E-state index is 0.0784. The first-order valence-electron chi connectivity index (χ1n) is 6.35. The maximum atomic E-state index is 6.28. The fourth-order valence-electron chi connectivity index (χ4n) is 2.21. The zero-order valence-electron chi connectivity index (χ0n) is 11.2. The third-order valence-electron chi connectivity index (χ3n) is 3.22. The molecule has 0 aliphatic carbocycles. The fourth-order valence-corrected chi connectivity index (χ4v) is 3.52. The summed E-state index contributed by atoms with van der Waals surface area (Å²) in [5.41, 5.74) is 6.28. The minimum atomic E-state index is 0.0784. The topological polar surface area (TPSA) is 42.4 Å². The van der Waals surface area contributed by atoms with Crippen LogP contribution in [-0.2, 0) is 6.54 Å². The minimum Gasteiger partial charge on any atom is -0.468 e. The molecular weight excluding hydrogens is 280 g/mol. The van der Waals surface area contributed by atoms with Crippen molar-refractivity contribution in [2.75, 3.05) is 7.05 Å². The van der Waals surface area contributed by atoms with Crippen LogP contribution in [0.4, 0.5) is 0 Å². The van der Waals surface area contributed by atoms with E-state index in [1.807, 2.05) is 18.2 Å². The van der Waals surface area contributed by atoms with E-state index >= 15 is 0 Å². The fraction of sp³-hybridized carbons (Fsp3) is 0.429. The summed E-state index contributed by atoms with van der Waals surface area (Å²) >= 11 is 7.63. The van der Waals surface area contributed by atoms with Crippen LogP contribution >= 0.6 is 22.9 Å². The molecule has 104 valence electrons. The van der Waals surface area contributed by atoms with E-state index in [4.69, 9.17) is 21.8 Å². The molecular formula is C14H19ClN2OS. The molecule has 0 saturated carbocycles. The third kappa shape index (κ3) is 3.60. The highest BCUT2D eigenvalue weighted by atomic mass is 35.5. The van der Waals surface area contributed by atoms with Crippen LogP contribution in [0.1, 0.15) is 30.0 Å². The van der Waals surface area contributed by atoms with Crippen LogP contribution in [0.15, 0.2) is 34.9 Å². The quantitative estimate of drug-likeness (QED) is 0.879. The van der Waals surface area contributed by atoms with E-state index in [-0.39, 0.29) is 12.1 Å². The Hall–Kier alpha value is -0.810. The molecule has 2 rings (SSSR count). The van der Waals surface area contributed by atoms with Crippen LogP contribution in [0, 0.1) is 0 Å². The molecule has 0 aliphatic heterocycles. The lowest BCUT2D eigenvalue weighted by Gasteiger charge is -2.31. The second-order valence-electron chi connectivity index (χ2n) is 4.65. The van der Waals surface area contributed by atoms with E-state index in [0.29, 0.717) is 0 Å². The van der Waals surface area contributed by atoms with Gasteiger partial charge in [0.25, 0.3) is 0 Å². The van der Waals surface area contributed by atoms with Gasteiger partial charge in [0.05, 0.1) is 23.2 Å². The molecule has 2 N–H and O–H groups in total. The number of hydrogen-bond donors (Lipinski definition) is 1. The van der Waals surface area contributed by atoms with Crippen LogP contribution in [-0.4, -0.2) is 18.0 Å². The van der Waals surface area contributed by atoms with Crippen molar-refractivity contribution in [2.24, 2.45) is 5.73 Å². The lowest BCUT2D eigenvalue weighted by molar-refractivity contribution is 0.191. The standard InChI is InChI=1S/C14H19ClN2OS/c1-3-11(16)14(12-6-7-13(15)19-12)17(2)9-10-5-4-8-18-10/h4-8,11,14H,3,9,16H2,1-2H3. The Bertz CT molecular complexity index is 497. The molecule has 0 fully saturated rings. The van der Waals surface area contributed by atoms with Crippen molar-refractivity contribution >= 4 is 22.9 Å². The molecule has 0 amide bonds. The van der Waals surface area contributed by atoms with E-state index in [2.05, 4.69) is 24.9 Å². The second kappa shape index (κ2) is 6.57. The Morgan fingerprint density at radius 3 is 2.74 bits per heavy atom. The highest BCUT2D eigenvalue weighted by Crippen LogP contribution is 2.33. The lowest BCUT2D eigenvalue weighted by Crippen LogP contribution is -2.38. The van der Waals surface area contributed by atoms with Gasteiger partial charge < -0.3 is 10.2 Å². The Balaban J connectivity index is 2.17. The van der Waals surface area contributed by atoms with Gasteiger partial charge in [0.2, 0.25) is 0 Å². The number of likely N-dealkylation sites (N-methyl/N-ethyl adjacent to an activating group) is 1. The molecule has 2 aromatic rings. The van der Waals surface area contributed by atoms with Crippen LogP contribution in [0.5, 0.6) is 0 Å². The molecule has 0 spiro atoms. The van der Waals surface area contributed by atoms with Crippen molar-refractivity contribution < 1.29 is 4.42 Å². The molecule has 19 heavy (non-hydrogen) atoms. The molecule has 5 heteroatoms. The van der Waals surface area contributed by atoms with Gasteiger partial charge in [-0.15, -0.1) is 11.3 Å². The van der Waals surface area contributed by atoms with Crippen LogP contribution in [0.2, 0.25) is 4.34 Å². The largest absolute Gasteiger partial charge is 0.468 e. The van der Waals surface area contributed by atoms with Crippen molar-refractivity contribution in [1.82, 2.24) is 4.90 Å². The van der Waals surface area contributed by atoms with Gasteiger partial charge in [-0.3, -0.25) is 4.90 Å². The normalized spacial score (nSPS) is 14.8. The molecule has 0 aliphatic rings. The average Bonchev–Trinajstić information content (AvgIpc) is 3.01. The summed E-state index contributed by atoms with van der Waals surface area (Å²) in [4.78, 5) is 3.42. The van der Waals surface area contributed by atoms with Crippen LogP contribution in [0.3, 0.4) is 0 Å². The lowest BCUT2D eigenvalue weighted by atomic mass is 10.0. The summed E-state index contributed by atoms with van der Waals surface area (Å²) in [6.45, 7) is 2.84. The van der Waals surface area contributed by atoms with E-state index in [1.165, 1.54) is 4.88 Å². The van der Waals surface area contributed by atoms with E-state index in [0.717, 1.165) is 23.1 Å². The first-order valence-corrected chi connectivity index (χ1v) is 7.54. The molecule has 0 saturated heterocycles. The number of thiophene rings is 1. The van der Waals surface area contributed by atoms with Gasteiger partial charge in [-0.1, -0.05) is 18.5 Å². The van der Waals surface area contributed by atoms with Gasteiger partial charge in [0.1, 0.15) is 5.76 Å². The Labute approximate surface area is 123 Å². The van der Waals surface area contributed by atoms with Gasteiger partial charge in [-0.05, 0) is 37.7 Å². The summed E-state index contributed by atoms with van der Waals surface area (Å²) in [6.07, 6.45) is 2.61. The maximum absolute atomic E-state index is 6.28. The summed E-state index contributed by atoms with van der Waals surface area (Å²) in [7, 11) is 2.07. The molecule has 2 atom stereocenters. The number of furan rings is 1. The monoisotopic (exact) mass is 298 g/mol. The number of nitrogens with zero attached hydrogens (tertiary/aromatic N) is 1. The Morgan fingerprint density at radius 2 is 2.21 bits per heavy atom. The number of hydrogen-bond acceptors (Lipinski definition) is 4. The predicted octanol–water partition coefficient (Wildman–Crippen LogP) is 3.90. The van der Waals surface area contributed by atoms with Gasteiger partial charge in [-0.2, -0.15) is 0 Å². The summed E-state index contributed by atoms with van der Waals surface area (Å²) in [5.74, 6) is 0.943. The second-order valence-corrected chi connectivity index (χ2v) is 6.40. The highest BCUT2D eigenvalue weighted by molar-refractivity contribution is 7.16. The third-order valence-corrected chi connectivity index (χ3v) is 4.52. The molecule has 2 aromatic heterocycles. The smallest absolute Gasteiger partial charge is 0.117 e. The predicted molar refractivity (Wildman–Crippen MR) is 80.5 cm³/mol. The number of halogens is 1. The maximum Gasteiger partial charge on any atom is 0.117 e. The molecule has 2 heterocycles. The number of nitrogens with two attached hydrogens (primary N) is 1. The van der Waals surface area contributed by atoms with Crippen molar-refractivity contribution in [3.63, 3.8) is 0 Å².